The molecule has 3 N–H and O–H groups in total. The summed E-state index contributed by atoms with van der Waals surface area (Å²) in [6.07, 6.45) is 4.20. The molecular weight excluding hydrogens is 188 g/mol. The third-order valence-corrected chi connectivity index (χ3v) is 3.30. The lowest BCUT2D eigenvalue weighted by Crippen LogP contribution is -2.47. The summed E-state index contributed by atoms with van der Waals surface area (Å²) < 4.78 is 0. The largest absolute Gasteiger partial charge is 0.352 e. The Morgan fingerprint density at radius 3 is 2.33 bits per heavy atom. The lowest BCUT2D eigenvalue weighted by atomic mass is 9.80. The number of amides is 1. The van der Waals surface area contributed by atoms with Crippen LogP contribution >= 0.6 is 0 Å². The van der Waals surface area contributed by atoms with Gasteiger partial charge in [0.05, 0.1) is 6.04 Å². The second kappa shape index (κ2) is 5.50. The smallest absolute Gasteiger partial charge is 0.237 e. The van der Waals surface area contributed by atoms with Gasteiger partial charge in [0, 0.05) is 6.04 Å². The molecule has 3 atom stereocenters. The summed E-state index contributed by atoms with van der Waals surface area (Å²) in [5.74, 6) is 1.46. The Labute approximate surface area is 92.8 Å². The number of carbonyl (C=O) groups excluding carboxylic acids is 1. The molecule has 0 aromatic carbocycles. The van der Waals surface area contributed by atoms with Gasteiger partial charge in [-0.1, -0.05) is 20.8 Å². The molecular formula is C12H24N2O. The lowest BCUT2D eigenvalue weighted by Gasteiger charge is -2.32. The van der Waals surface area contributed by atoms with E-state index in [1.165, 1.54) is 6.42 Å². The first-order chi connectivity index (χ1) is 7.02. The highest BCUT2D eigenvalue weighted by molar-refractivity contribution is 5.81. The number of nitrogens with two attached hydrogens (primary N) is 1. The Hall–Kier alpha value is -0.570. The molecule has 0 spiro atoms. The summed E-state index contributed by atoms with van der Waals surface area (Å²) in [4.78, 5) is 11.6. The van der Waals surface area contributed by atoms with Crippen LogP contribution in [0.5, 0.6) is 0 Å². The van der Waals surface area contributed by atoms with Gasteiger partial charge < -0.3 is 11.1 Å². The highest BCUT2D eigenvalue weighted by Crippen LogP contribution is 2.28. The van der Waals surface area contributed by atoms with E-state index >= 15 is 0 Å². The molecule has 1 amide bonds. The maximum absolute atomic E-state index is 11.6. The van der Waals surface area contributed by atoms with Gasteiger partial charge in [-0.3, -0.25) is 4.79 Å². The Bertz CT molecular complexity index is 208. The third-order valence-electron chi connectivity index (χ3n) is 3.30. The van der Waals surface area contributed by atoms with E-state index < -0.39 is 0 Å². The molecule has 2 unspecified atom stereocenters. The number of nitrogens with one attached hydrogen (secondary N) is 1. The van der Waals surface area contributed by atoms with E-state index in [4.69, 9.17) is 5.73 Å². The summed E-state index contributed by atoms with van der Waals surface area (Å²) in [5, 5.41) is 3.07. The first-order valence-electron chi connectivity index (χ1n) is 6.08. The minimum Gasteiger partial charge on any atom is -0.352 e. The normalized spacial score (nSPS) is 33.5. The van der Waals surface area contributed by atoms with Gasteiger partial charge in [-0.05, 0) is 37.5 Å². The number of hydrogen-bond donors (Lipinski definition) is 2. The van der Waals surface area contributed by atoms with Gasteiger partial charge in [0.25, 0.3) is 0 Å². The molecule has 3 nitrogen and oxygen atoms in total. The third kappa shape index (κ3) is 3.82. The molecule has 1 aliphatic rings. The molecule has 0 aromatic rings. The van der Waals surface area contributed by atoms with E-state index in [1.54, 1.807) is 0 Å². The summed E-state index contributed by atoms with van der Waals surface area (Å²) >= 11 is 0. The van der Waals surface area contributed by atoms with Crippen molar-refractivity contribution in [3.63, 3.8) is 0 Å². The molecule has 1 fully saturated rings. The quantitative estimate of drug-likeness (QED) is 0.747. The van der Waals surface area contributed by atoms with Crippen LogP contribution in [0.3, 0.4) is 0 Å². The molecule has 0 aromatic heterocycles. The van der Waals surface area contributed by atoms with Crippen molar-refractivity contribution in [2.24, 2.45) is 17.6 Å². The van der Waals surface area contributed by atoms with Gasteiger partial charge in [-0.2, -0.15) is 0 Å². The summed E-state index contributed by atoms with van der Waals surface area (Å²) in [5.41, 5.74) is 5.69. The number of hydrogen-bond acceptors (Lipinski definition) is 2. The SMILES string of the molecule is CC[C@H](N)C(=O)NC1CC(C)CC(C)C1. The van der Waals surface area contributed by atoms with Crippen LogP contribution in [0.2, 0.25) is 0 Å². The Morgan fingerprint density at radius 2 is 1.87 bits per heavy atom. The maximum atomic E-state index is 11.6. The highest BCUT2D eigenvalue weighted by Gasteiger charge is 2.25. The fourth-order valence-corrected chi connectivity index (χ4v) is 2.56. The van der Waals surface area contributed by atoms with Crippen molar-refractivity contribution in [2.75, 3.05) is 0 Å². The maximum Gasteiger partial charge on any atom is 0.237 e. The van der Waals surface area contributed by atoms with Crippen LogP contribution in [0.4, 0.5) is 0 Å². The Balaban J connectivity index is 2.40. The first-order valence-corrected chi connectivity index (χ1v) is 6.08. The van der Waals surface area contributed by atoms with E-state index in [-0.39, 0.29) is 11.9 Å². The zero-order valence-corrected chi connectivity index (χ0v) is 10.1. The molecule has 15 heavy (non-hydrogen) atoms. The van der Waals surface area contributed by atoms with Crippen molar-refractivity contribution in [1.82, 2.24) is 5.32 Å². The van der Waals surface area contributed by atoms with Gasteiger partial charge in [0.15, 0.2) is 0 Å². The molecule has 0 saturated heterocycles. The van der Waals surface area contributed by atoms with Crippen LogP contribution in [0.1, 0.15) is 46.5 Å². The number of carbonyl (C=O) groups is 1. The zero-order valence-electron chi connectivity index (χ0n) is 10.1. The molecule has 88 valence electrons. The van der Waals surface area contributed by atoms with Crippen molar-refractivity contribution in [2.45, 2.75) is 58.5 Å². The van der Waals surface area contributed by atoms with Gasteiger partial charge in [0.1, 0.15) is 0 Å². The minimum atomic E-state index is -0.336. The predicted octanol–water partition coefficient (Wildman–Crippen LogP) is 1.66. The standard InChI is InChI=1S/C12H24N2O/c1-4-11(13)12(15)14-10-6-8(2)5-9(3)7-10/h8-11H,4-7,13H2,1-3H3,(H,14,15)/t8?,9?,10?,11-/m0/s1. The van der Waals surface area contributed by atoms with E-state index in [0.29, 0.717) is 12.5 Å². The molecule has 0 heterocycles. The summed E-state index contributed by atoms with van der Waals surface area (Å²) in [6, 6.07) is 0.00592. The fourth-order valence-electron chi connectivity index (χ4n) is 2.56. The van der Waals surface area contributed by atoms with Crippen LogP contribution in [-0.4, -0.2) is 18.0 Å². The van der Waals surface area contributed by atoms with Crippen LogP contribution in [-0.2, 0) is 4.79 Å². The fraction of sp³-hybridized carbons (Fsp3) is 0.917. The van der Waals surface area contributed by atoms with Crippen LogP contribution in [0.25, 0.3) is 0 Å². The van der Waals surface area contributed by atoms with Crippen molar-refractivity contribution in [3.8, 4) is 0 Å². The van der Waals surface area contributed by atoms with E-state index in [0.717, 1.165) is 24.7 Å². The topological polar surface area (TPSA) is 55.1 Å². The van der Waals surface area contributed by atoms with Crippen molar-refractivity contribution in [1.29, 1.82) is 0 Å². The Morgan fingerprint density at radius 1 is 1.33 bits per heavy atom. The monoisotopic (exact) mass is 212 g/mol. The molecule has 1 saturated carbocycles. The van der Waals surface area contributed by atoms with Gasteiger partial charge >= 0.3 is 0 Å². The van der Waals surface area contributed by atoms with Gasteiger partial charge in [0.2, 0.25) is 5.91 Å². The molecule has 1 rings (SSSR count). The second-order valence-corrected chi connectivity index (χ2v) is 5.14. The van der Waals surface area contributed by atoms with Crippen LogP contribution in [0, 0.1) is 11.8 Å². The predicted molar refractivity (Wildman–Crippen MR) is 62.4 cm³/mol. The summed E-state index contributed by atoms with van der Waals surface area (Å²) in [7, 11) is 0. The van der Waals surface area contributed by atoms with Crippen molar-refractivity contribution in [3.05, 3.63) is 0 Å². The Kier molecular flexibility index (Phi) is 4.58. The van der Waals surface area contributed by atoms with Crippen LogP contribution in [0.15, 0.2) is 0 Å². The molecule has 1 aliphatic carbocycles. The average Bonchev–Trinajstić information content (AvgIpc) is 2.14. The van der Waals surface area contributed by atoms with E-state index in [9.17, 15) is 4.79 Å². The lowest BCUT2D eigenvalue weighted by molar-refractivity contribution is -0.123. The molecule has 0 aliphatic heterocycles. The molecule has 3 heteroatoms. The van der Waals surface area contributed by atoms with E-state index in [1.807, 2.05) is 6.92 Å². The average molecular weight is 212 g/mol. The molecule has 0 bridgehead atoms. The summed E-state index contributed by atoms with van der Waals surface area (Å²) in [6.45, 7) is 6.46. The van der Waals surface area contributed by atoms with Gasteiger partial charge in [-0.15, -0.1) is 0 Å². The minimum absolute atomic E-state index is 0.0174. The van der Waals surface area contributed by atoms with Gasteiger partial charge in [-0.25, -0.2) is 0 Å². The van der Waals surface area contributed by atoms with Crippen LogP contribution < -0.4 is 11.1 Å². The van der Waals surface area contributed by atoms with Crippen molar-refractivity contribution < 1.29 is 4.79 Å². The highest BCUT2D eigenvalue weighted by atomic mass is 16.2. The second-order valence-electron chi connectivity index (χ2n) is 5.14. The molecule has 0 radical (unpaired) electrons. The first kappa shape index (κ1) is 12.5. The van der Waals surface area contributed by atoms with Crippen molar-refractivity contribution >= 4 is 5.91 Å². The number of rotatable bonds is 3. The zero-order chi connectivity index (χ0) is 11.4. The van der Waals surface area contributed by atoms with E-state index in [2.05, 4.69) is 19.2 Å².